The summed E-state index contributed by atoms with van der Waals surface area (Å²) in [6.45, 7) is 3.66. The van der Waals surface area contributed by atoms with Gasteiger partial charge in [0.2, 0.25) is 0 Å². The molecule has 146 valence electrons. The van der Waals surface area contributed by atoms with Crippen molar-refractivity contribution in [2.24, 2.45) is 0 Å². The topological polar surface area (TPSA) is 76.2 Å². The number of aromatic amines is 1. The van der Waals surface area contributed by atoms with E-state index in [-0.39, 0.29) is 6.04 Å². The molecule has 3 heterocycles. The molecule has 7 nitrogen and oxygen atoms in total. The summed E-state index contributed by atoms with van der Waals surface area (Å²) in [6.07, 6.45) is 5.49. The van der Waals surface area contributed by atoms with E-state index in [4.69, 9.17) is 9.47 Å². The highest BCUT2D eigenvalue weighted by Crippen LogP contribution is 2.41. The van der Waals surface area contributed by atoms with E-state index in [0.29, 0.717) is 6.54 Å². The van der Waals surface area contributed by atoms with Crippen LogP contribution in [0, 0.1) is 0 Å². The summed E-state index contributed by atoms with van der Waals surface area (Å²) < 4.78 is 11.1. The van der Waals surface area contributed by atoms with E-state index >= 15 is 0 Å². The predicted octanol–water partition coefficient (Wildman–Crippen LogP) is 2.93. The lowest BCUT2D eigenvalue weighted by atomic mass is 9.88. The third-order valence-corrected chi connectivity index (χ3v) is 5.22. The second-order valence-electron chi connectivity index (χ2n) is 6.87. The summed E-state index contributed by atoms with van der Waals surface area (Å²) in [7, 11) is 3.35. The van der Waals surface area contributed by atoms with E-state index in [1.807, 2.05) is 12.3 Å². The Morgan fingerprint density at radius 1 is 1.21 bits per heavy atom. The number of ether oxygens (including phenoxy) is 2. The van der Waals surface area contributed by atoms with Gasteiger partial charge in [0.25, 0.3) is 0 Å². The zero-order valence-corrected chi connectivity index (χ0v) is 16.5. The highest BCUT2D eigenvalue weighted by molar-refractivity contribution is 5.51. The molecule has 2 aromatic heterocycles. The fourth-order valence-corrected chi connectivity index (χ4v) is 3.85. The molecule has 0 unspecified atom stereocenters. The summed E-state index contributed by atoms with van der Waals surface area (Å²) in [5, 5.41) is 7.36. The maximum absolute atomic E-state index is 5.57. The standard InChI is InChI=1S/C21H25N5O2/c1-4-19-23-20(25-24-19)13-26-9-7-14-10-17(27-2)18(28-3)11-16(14)21(26)15-6-5-8-22-12-15/h5-6,8,10-12,21H,4,7,9,13H2,1-3H3,(H,23,24,25)/t21-/m0/s1. The Morgan fingerprint density at radius 3 is 2.71 bits per heavy atom. The monoisotopic (exact) mass is 379 g/mol. The normalized spacial score (nSPS) is 16.6. The van der Waals surface area contributed by atoms with Gasteiger partial charge in [0.15, 0.2) is 11.5 Å². The Bertz CT molecular complexity index is 941. The van der Waals surface area contributed by atoms with Crippen LogP contribution in [0.5, 0.6) is 11.5 Å². The molecule has 1 N–H and O–H groups in total. The lowest BCUT2D eigenvalue weighted by Crippen LogP contribution is -2.36. The third-order valence-electron chi connectivity index (χ3n) is 5.22. The Labute approximate surface area is 164 Å². The highest BCUT2D eigenvalue weighted by atomic mass is 16.5. The summed E-state index contributed by atoms with van der Waals surface area (Å²) in [4.78, 5) is 11.4. The van der Waals surface area contributed by atoms with Crippen molar-refractivity contribution in [1.82, 2.24) is 25.1 Å². The number of nitrogens with one attached hydrogen (secondary N) is 1. The van der Waals surface area contributed by atoms with Crippen molar-refractivity contribution in [3.05, 3.63) is 65.0 Å². The maximum atomic E-state index is 5.57. The number of rotatable bonds is 6. The maximum Gasteiger partial charge on any atom is 0.161 e. The molecule has 0 amide bonds. The van der Waals surface area contributed by atoms with Crippen molar-refractivity contribution in [2.75, 3.05) is 20.8 Å². The van der Waals surface area contributed by atoms with Crippen LogP contribution in [0.2, 0.25) is 0 Å². The van der Waals surface area contributed by atoms with Crippen LogP contribution in [0.1, 0.15) is 41.3 Å². The van der Waals surface area contributed by atoms with Gasteiger partial charge in [-0.25, -0.2) is 4.98 Å². The second-order valence-corrected chi connectivity index (χ2v) is 6.87. The molecule has 4 rings (SSSR count). The van der Waals surface area contributed by atoms with E-state index in [1.165, 1.54) is 11.1 Å². The lowest BCUT2D eigenvalue weighted by molar-refractivity contribution is 0.198. The molecule has 0 bridgehead atoms. The third kappa shape index (κ3) is 3.45. The number of hydrogen-bond acceptors (Lipinski definition) is 6. The number of methoxy groups -OCH3 is 2. The molecule has 1 aliphatic rings. The van der Waals surface area contributed by atoms with Crippen molar-refractivity contribution in [3.63, 3.8) is 0 Å². The Morgan fingerprint density at radius 2 is 2.04 bits per heavy atom. The predicted molar refractivity (Wildman–Crippen MR) is 106 cm³/mol. The van der Waals surface area contributed by atoms with Crippen molar-refractivity contribution in [1.29, 1.82) is 0 Å². The molecule has 1 aromatic carbocycles. The summed E-state index contributed by atoms with van der Waals surface area (Å²) in [5.41, 5.74) is 3.63. The van der Waals surface area contributed by atoms with Crippen molar-refractivity contribution in [2.45, 2.75) is 32.4 Å². The number of pyridine rings is 1. The van der Waals surface area contributed by atoms with E-state index in [1.54, 1.807) is 20.4 Å². The molecule has 3 aromatic rings. The number of H-pyrrole nitrogens is 1. The minimum atomic E-state index is 0.0624. The second kappa shape index (κ2) is 7.98. The molecular formula is C21H25N5O2. The zero-order chi connectivity index (χ0) is 19.5. The molecule has 0 aliphatic carbocycles. The molecule has 0 spiro atoms. The fraction of sp³-hybridized carbons (Fsp3) is 0.381. The zero-order valence-electron chi connectivity index (χ0n) is 16.5. The summed E-state index contributed by atoms with van der Waals surface area (Å²) >= 11 is 0. The van der Waals surface area contributed by atoms with Crippen LogP contribution < -0.4 is 9.47 Å². The van der Waals surface area contributed by atoms with E-state index in [0.717, 1.165) is 48.1 Å². The number of aromatic nitrogens is 4. The van der Waals surface area contributed by atoms with Crippen molar-refractivity contribution >= 4 is 0 Å². The van der Waals surface area contributed by atoms with Gasteiger partial charge in [-0.05, 0) is 41.3 Å². The van der Waals surface area contributed by atoms with Gasteiger partial charge < -0.3 is 9.47 Å². The minimum Gasteiger partial charge on any atom is -0.493 e. The molecular weight excluding hydrogens is 354 g/mol. The molecule has 0 fully saturated rings. The minimum absolute atomic E-state index is 0.0624. The number of nitrogens with zero attached hydrogens (tertiary/aromatic N) is 4. The van der Waals surface area contributed by atoms with Gasteiger partial charge in [-0.1, -0.05) is 13.0 Å². The first-order chi connectivity index (χ1) is 13.7. The van der Waals surface area contributed by atoms with Gasteiger partial charge in [0.05, 0.1) is 26.8 Å². The first kappa shape index (κ1) is 18.4. The van der Waals surface area contributed by atoms with E-state index in [9.17, 15) is 0 Å². The van der Waals surface area contributed by atoms with E-state index < -0.39 is 0 Å². The number of aryl methyl sites for hydroxylation is 1. The van der Waals surface area contributed by atoms with Crippen molar-refractivity contribution < 1.29 is 9.47 Å². The van der Waals surface area contributed by atoms with Gasteiger partial charge in [0, 0.05) is 25.4 Å². The smallest absolute Gasteiger partial charge is 0.161 e. The molecule has 0 radical (unpaired) electrons. The van der Waals surface area contributed by atoms with Crippen LogP contribution >= 0.6 is 0 Å². The number of benzene rings is 1. The molecule has 0 saturated heterocycles. The Hall–Kier alpha value is -2.93. The van der Waals surface area contributed by atoms with Crippen LogP contribution in [0.25, 0.3) is 0 Å². The largest absolute Gasteiger partial charge is 0.493 e. The van der Waals surface area contributed by atoms with Gasteiger partial charge in [-0.15, -0.1) is 0 Å². The lowest BCUT2D eigenvalue weighted by Gasteiger charge is -2.37. The van der Waals surface area contributed by atoms with Gasteiger partial charge in [0.1, 0.15) is 11.6 Å². The number of hydrogen-bond donors (Lipinski definition) is 1. The van der Waals surface area contributed by atoms with Crippen LogP contribution in [0.3, 0.4) is 0 Å². The number of fused-ring (bicyclic) bond motifs is 1. The van der Waals surface area contributed by atoms with Crippen LogP contribution in [-0.4, -0.2) is 45.8 Å². The average molecular weight is 379 g/mol. The molecule has 28 heavy (non-hydrogen) atoms. The summed E-state index contributed by atoms with van der Waals surface area (Å²) in [6, 6.07) is 8.35. The Balaban J connectivity index is 1.76. The fourth-order valence-electron chi connectivity index (χ4n) is 3.85. The Kier molecular flexibility index (Phi) is 5.25. The molecule has 7 heteroatoms. The summed E-state index contributed by atoms with van der Waals surface area (Å²) in [5.74, 6) is 3.23. The van der Waals surface area contributed by atoms with Gasteiger partial charge >= 0.3 is 0 Å². The van der Waals surface area contributed by atoms with Crippen LogP contribution in [0.4, 0.5) is 0 Å². The average Bonchev–Trinajstić information content (AvgIpc) is 3.20. The highest BCUT2D eigenvalue weighted by Gasteiger charge is 2.31. The first-order valence-corrected chi connectivity index (χ1v) is 9.52. The van der Waals surface area contributed by atoms with Gasteiger partial charge in [-0.3, -0.25) is 15.0 Å². The molecule has 0 saturated carbocycles. The van der Waals surface area contributed by atoms with Crippen LogP contribution in [-0.2, 0) is 19.4 Å². The first-order valence-electron chi connectivity index (χ1n) is 9.52. The quantitative estimate of drug-likeness (QED) is 0.710. The van der Waals surface area contributed by atoms with Crippen LogP contribution in [0.15, 0.2) is 36.7 Å². The van der Waals surface area contributed by atoms with Crippen molar-refractivity contribution in [3.8, 4) is 11.5 Å². The molecule has 1 aliphatic heterocycles. The molecule has 1 atom stereocenters. The van der Waals surface area contributed by atoms with Gasteiger partial charge in [-0.2, -0.15) is 5.10 Å². The SMILES string of the molecule is CCc1n[nH]c(CN2CCc3cc(OC)c(OC)cc3[C@@H]2c2cccnc2)n1. The van der Waals surface area contributed by atoms with E-state index in [2.05, 4.69) is 50.2 Å².